The Morgan fingerprint density at radius 1 is 1.29 bits per heavy atom. The zero-order chi connectivity index (χ0) is 12.1. The zero-order valence-electron chi connectivity index (χ0n) is 9.57. The van der Waals surface area contributed by atoms with Gasteiger partial charge in [-0.05, 0) is 23.6 Å². The Balaban J connectivity index is 1.94. The molecule has 90 valence electrons. The van der Waals surface area contributed by atoms with Crippen LogP contribution in [0.25, 0.3) is 0 Å². The molecule has 0 aliphatic heterocycles. The first-order valence-electron chi connectivity index (χ1n) is 5.35. The summed E-state index contributed by atoms with van der Waals surface area (Å²) in [6.07, 6.45) is 0. The summed E-state index contributed by atoms with van der Waals surface area (Å²) in [6.45, 7) is 1.71. The summed E-state index contributed by atoms with van der Waals surface area (Å²) < 4.78 is 6.38. The van der Waals surface area contributed by atoms with Crippen LogP contribution in [0.3, 0.4) is 0 Å². The predicted octanol–water partition coefficient (Wildman–Crippen LogP) is 3.81. The molecular weight excluding hydrogens is 298 g/mol. The molecule has 1 N–H and O–H groups in total. The Bertz CT molecular complexity index is 470. The average molecular weight is 312 g/mol. The second-order valence-corrected chi connectivity index (χ2v) is 5.59. The molecule has 0 aliphatic carbocycles. The Morgan fingerprint density at radius 2 is 2.18 bits per heavy atom. The average Bonchev–Trinajstić information content (AvgIpc) is 2.84. The normalized spacial score (nSPS) is 10.5. The van der Waals surface area contributed by atoms with Gasteiger partial charge in [-0.15, -0.1) is 11.3 Å². The summed E-state index contributed by atoms with van der Waals surface area (Å²) >= 11 is 5.21. The fourth-order valence-corrected chi connectivity index (χ4v) is 2.61. The van der Waals surface area contributed by atoms with Crippen LogP contribution in [0, 0.1) is 0 Å². The molecule has 1 aromatic heterocycles. The molecule has 0 bridgehead atoms. The minimum Gasteiger partial charge on any atom is -0.496 e. The van der Waals surface area contributed by atoms with Crippen molar-refractivity contribution in [1.82, 2.24) is 5.32 Å². The monoisotopic (exact) mass is 311 g/mol. The smallest absolute Gasteiger partial charge is 0.124 e. The molecule has 0 atom stereocenters. The maximum atomic E-state index is 5.35. The molecule has 17 heavy (non-hydrogen) atoms. The molecule has 1 heterocycles. The SMILES string of the molecule is COc1cc(Br)ccc1CNCc1cccs1. The first-order chi connectivity index (χ1) is 8.29. The van der Waals surface area contributed by atoms with E-state index in [2.05, 4.69) is 44.8 Å². The van der Waals surface area contributed by atoms with E-state index in [0.717, 1.165) is 23.3 Å². The number of thiophene rings is 1. The van der Waals surface area contributed by atoms with E-state index in [1.165, 1.54) is 10.4 Å². The molecule has 1 aromatic carbocycles. The van der Waals surface area contributed by atoms with Gasteiger partial charge in [0.05, 0.1) is 7.11 Å². The number of rotatable bonds is 5. The van der Waals surface area contributed by atoms with Gasteiger partial charge in [0.25, 0.3) is 0 Å². The van der Waals surface area contributed by atoms with E-state index in [1.54, 1.807) is 18.4 Å². The van der Waals surface area contributed by atoms with E-state index in [1.807, 2.05) is 12.1 Å². The molecule has 0 amide bonds. The maximum Gasteiger partial charge on any atom is 0.124 e. The van der Waals surface area contributed by atoms with Gasteiger partial charge in [0.15, 0.2) is 0 Å². The van der Waals surface area contributed by atoms with Gasteiger partial charge in [0.1, 0.15) is 5.75 Å². The Labute approximate surface area is 114 Å². The number of nitrogens with one attached hydrogen (secondary N) is 1. The molecule has 2 rings (SSSR count). The maximum absolute atomic E-state index is 5.35. The first-order valence-corrected chi connectivity index (χ1v) is 7.02. The van der Waals surface area contributed by atoms with Gasteiger partial charge in [0.2, 0.25) is 0 Å². The molecule has 0 saturated heterocycles. The summed E-state index contributed by atoms with van der Waals surface area (Å²) in [5.41, 5.74) is 1.17. The van der Waals surface area contributed by atoms with Crippen LogP contribution in [-0.2, 0) is 13.1 Å². The van der Waals surface area contributed by atoms with Crippen LogP contribution in [0.2, 0.25) is 0 Å². The van der Waals surface area contributed by atoms with Crippen molar-refractivity contribution in [2.24, 2.45) is 0 Å². The lowest BCUT2D eigenvalue weighted by atomic mass is 10.2. The third kappa shape index (κ3) is 3.56. The summed E-state index contributed by atoms with van der Waals surface area (Å²) in [6, 6.07) is 10.3. The Hall–Kier alpha value is -0.840. The van der Waals surface area contributed by atoms with Crippen LogP contribution in [-0.4, -0.2) is 7.11 Å². The third-order valence-electron chi connectivity index (χ3n) is 2.44. The summed E-state index contributed by atoms with van der Waals surface area (Å²) in [4.78, 5) is 1.35. The van der Waals surface area contributed by atoms with Crippen molar-refractivity contribution < 1.29 is 4.74 Å². The molecule has 0 aliphatic rings. The predicted molar refractivity (Wildman–Crippen MR) is 75.6 cm³/mol. The Morgan fingerprint density at radius 3 is 2.88 bits per heavy atom. The van der Waals surface area contributed by atoms with Gasteiger partial charge in [-0.2, -0.15) is 0 Å². The highest BCUT2D eigenvalue weighted by atomic mass is 79.9. The molecule has 0 radical (unpaired) electrons. The molecule has 0 spiro atoms. The largest absolute Gasteiger partial charge is 0.496 e. The minimum atomic E-state index is 0.814. The first kappa shape index (κ1) is 12.6. The van der Waals surface area contributed by atoms with Crippen LogP contribution < -0.4 is 10.1 Å². The van der Waals surface area contributed by atoms with Gasteiger partial charge in [-0.25, -0.2) is 0 Å². The topological polar surface area (TPSA) is 21.3 Å². The second kappa shape index (κ2) is 6.19. The van der Waals surface area contributed by atoms with E-state index in [0.29, 0.717) is 0 Å². The molecule has 0 unspecified atom stereocenters. The highest BCUT2D eigenvalue weighted by molar-refractivity contribution is 9.10. The van der Waals surface area contributed by atoms with E-state index in [9.17, 15) is 0 Å². The number of methoxy groups -OCH3 is 1. The molecular formula is C13H14BrNOS. The van der Waals surface area contributed by atoms with Crippen molar-refractivity contribution in [1.29, 1.82) is 0 Å². The molecule has 2 nitrogen and oxygen atoms in total. The van der Waals surface area contributed by atoms with Crippen LogP contribution in [0.4, 0.5) is 0 Å². The van der Waals surface area contributed by atoms with Crippen LogP contribution in [0.15, 0.2) is 40.2 Å². The zero-order valence-corrected chi connectivity index (χ0v) is 12.0. The van der Waals surface area contributed by atoms with Crippen LogP contribution >= 0.6 is 27.3 Å². The summed E-state index contributed by atoms with van der Waals surface area (Å²) in [5.74, 6) is 0.915. The lowest BCUT2D eigenvalue weighted by Gasteiger charge is -2.09. The van der Waals surface area contributed by atoms with Gasteiger partial charge < -0.3 is 10.1 Å². The molecule has 0 fully saturated rings. The third-order valence-corrected chi connectivity index (χ3v) is 3.81. The number of hydrogen-bond acceptors (Lipinski definition) is 3. The fourth-order valence-electron chi connectivity index (χ4n) is 1.60. The van der Waals surface area contributed by atoms with Crippen molar-refractivity contribution in [2.45, 2.75) is 13.1 Å². The van der Waals surface area contributed by atoms with Crippen molar-refractivity contribution in [3.8, 4) is 5.75 Å². The lowest BCUT2D eigenvalue weighted by Crippen LogP contribution is -2.12. The number of benzene rings is 1. The molecule has 2 aromatic rings. The highest BCUT2D eigenvalue weighted by Gasteiger charge is 2.03. The van der Waals surface area contributed by atoms with Crippen molar-refractivity contribution >= 4 is 27.3 Å². The van der Waals surface area contributed by atoms with Crippen molar-refractivity contribution in [2.75, 3.05) is 7.11 Å². The Kier molecular flexibility index (Phi) is 4.59. The highest BCUT2D eigenvalue weighted by Crippen LogP contribution is 2.23. The van der Waals surface area contributed by atoms with Gasteiger partial charge in [0, 0.05) is 28.0 Å². The minimum absolute atomic E-state index is 0.814. The number of hydrogen-bond donors (Lipinski definition) is 1. The lowest BCUT2D eigenvalue weighted by molar-refractivity contribution is 0.407. The van der Waals surface area contributed by atoms with Crippen LogP contribution in [0.5, 0.6) is 5.75 Å². The van der Waals surface area contributed by atoms with Crippen molar-refractivity contribution in [3.05, 3.63) is 50.6 Å². The molecule has 0 saturated carbocycles. The van der Waals surface area contributed by atoms with E-state index in [-0.39, 0.29) is 0 Å². The van der Waals surface area contributed by atoms with Gasteiger partial charge in [-0.3, -0.25) is 0 Å². The van der Waals surface area contributed by atoms with E-state index >= 15 is 0 Å². The van der Waals surface area contributed by atoms with Crippen molar-refractivity contribution in [3.63, 3.8) is 0 Å². The summed E-state index contributed by atoms with van der Waals surface area (Å²) in [5, 5.41) is 5.51. The second-order valence-electron chi connectivity index (χ2n) is 3.64. The van der Waals surface area contributed by atoms with Crippen LogP contribution in [0.1, 0.15) is 10.4 Å². The quantitative estimate of drug-likeness (QED) is 0.906. The fraction of sp³-hybridized carbons (Fsp3) is 0.231. The number of halogens is 1. The molecule has 4 heteroatoms. The van der Waals surface area contributed by atoms with E-state index in [4.69, 9.17) is 4.74 Å². The van der Waals surface area contributed by atoms with Gasteiger partial charge in [-0.1, -0.05) is 28.1 Å². The standard InChI is InChI=1S/C13H14BrNOS/c1-16-13-7-11(14)5-4-10(13)8-15-9-12-3-2-6-17-12/h2-7,15H,8-9H2,1H3. The number of ether oxygens (including phenoxy) is 1. The summed E-state index contributed by atoms with van der Waals surface area (Å²) in [7, 11) is 1.70. The van der Waals surface area contributed by atoms with Gasteiger partial charge >= 0.3 is 0 Å². The van der Waals surface area contributed by atoms with E-state index < -0.39 is 0 Å².